The summed E-state index contributed by atoms with van der Waals surface area (Å²) < 4.78 is 1.64. The minimum Gasteiger partial charge on any atom is -0.480 e. The van der Waals surface area contributed by atoms with Crippen LogP contribution in [0.25, 0.3) is 0 Å². The smallest absolute Gasteiger partial charge is 0.328 e. The minimum absolute atomic E-state index is 0.0122. The normalized spacial score (nSPS) is 17.9. The van der Waals surface area contributed by atoms with Crippen molar-refractivity contribution < 1.29 is 19.8 Å². The fourth-order valence-electron chi connectivity index (χ4n) is 2.79. The standard InChI is InChI=1S/C15H14Cl2N4O4/c1-7-18-19-12-6-21(11(15(24)25)5-20(7)12)14(23)13(22)8-2-9(16)4-10(17)3-8/h2-4,11,13,22H,5-6H2,1H3,(H,24,25). The molecule has 1 aromatic carbocycles. The zero-order valence-electron chi connectivity index (χ0n) is 13.1. The van der Waals surface area contributed by atoms with Gasteiger partial charge in [-0.15, -0.1) is 10.2 Å². The van der Waals surface area contributed by atoms with Crippen LogP contribution in [0.1, 0.15) is 23.3 Å². The van der Waals surface area contributed by atoms with E-state index in [9.17, 15) is 19.8 Å². The zero-order chi connectivity index (χ0) is 18.3. The average Bonchev–Trinajstić information content (AvgIpc) is 2.92. The van der Waals surface area contributed by atoms with E-state index in [0.29, 0.717) is 11.6 Å². The summed E-state index contributed by atoms with van der Waals surface area (Å²) in [5, 5.41) is 28.2. The van der Waals surface area contributed by atoms with Crippen LogP contribution in [0.2, 0.25) is 10.0 Å². The topological polar surface area (TPSA) is 109 Å². The number of aliphatic hydroxyl groups is 1. The number of aliphatic carboxylic acids is 1. The predicted octanol–water partition coefficient (Wildman–Crippen LogP) is 1.42. The average molecular weight is 385 g/mol. The first-order chi connectivity index (χ1) is 11.8. The summed E-state index contributed by atoms with van der Waals surface area (Å²) in [7, 11) is 0. The Morgan fingerprint density at radius 3 is 2.48 bits per heavy atom. The molecule has 0 spiro atoms. The molecule has 2 aromatic rings. The van der Waals surface area contributed by atoms with E-state index in [1.807, 2.05) is 0 Å². The number of benzene rings is 1. The van der Waals surface area contributed by atoms with Gasteiger partial charge in [0.2, 0.25) is 0 Å². The first-order valence-electron chi connectivity index (χ1n) is 7.34. The van der Waals surface area contributed by atoms with Crippen molar-refractivity contribution in [3.63, 3.8) is 0 Å². The lowest BCUT2D eigenvalue weighted by Crippen LogP contribution is -2.52. The summed E-state index contributed by atoms with van der Waals surface area (Å²) in [5.41, 5.74) is 0.190. The molecule has 0 aliphatic carbocycles. The van der Waals surface area contributed by atoms with Crippen LogP contribution in [0.3, 0.4) is 0 Å². The number of carbonyl (C=O) groups is 2. The van der Waals surface area contributed by atoms with Crippen LogP contribution in [-0.4, -0.2) is 47.8 Å². The number of aryl methyl sites for hydroxylation is 1. The van der Waals surface area contributed by atoms with Gasteiger partial charge in [-0.05, 0) is 30.7 Å². The number of fused-ring (bicyclic) bond motifs is 1. The maximum Gasteiger partial charge on any atom is 0.328 e. The summed E-state index contributed by atoms with van der Waals surface area (Å²) in [6, 6.07) is 3.14. The molecule has 2 atom stereocenters. The molecule has 2 heterocycles. The Hall–Kier alpha value is -2.16. The van der Waals surface area contributed by atoms with E-state index < -0.39 is 24.0 Å². The van der Waals surface area contributed by atoms with Crippen LogP contribution >= 0.6 is 23.2 Å². The number of carbonyl (C=O) groups excluding carboxylic acids is 1. The number of rotatable bonds is 3. The molecule has 0 fully saturated rings. The molecule has 0 saturated carbocycles. The lowest BCUT2D eigenvalue weighted by molar-refractivity contribution is -0.157. The number of aromatic nitrogens is 3. The van der Waals surface area contributed by atoms with Gasteiger partial charge in [0, 0.05) is 10.0 Å². The van der Waals surface area contributed by atoms with Gasteiger partial charge in [-0.1, -0.05) is 23.2 Å². The minimum atomic E-state index is -1.59. The largest absolute Gasteiger partial charge is 0.480 e. The van der Waals surface area contributed by atoms with Crippen LogP contribution in [0, 0.1) is 6.92 Å². The van der Waals surface area contributed by atoms with Gasteiger partial charge < -0.3 is 19.7 Å². The van der Waals surface area contributed by atoms with Crippen LogP contribution in [0.5, 0.6) is 0 Å². The van der Waals surface area contributed by atoms with E-state index in [2.05, 4.69) is 10.2 Å². The van der Waals surface area contributed by atoms with E-state index in [1.54, 1.807) is 11.5 Å². The molecule has 0 saturated heterocycles. The molecule has 0 radical (unpaired) electrons. The van der Waals surface area contributed by atoms with Gasteiger partial charge in [-0.25, -0.2) is 4.79 Å². The molecule has 1 aromatic heterocycles. The fourth-order valence-corrected chi connectivity index (χ4v) is 3.33. The summed E-state index contributed by atoms with van der Waals surface area (Å²) in [4.78, 5) is 25.4. The number of carboxylic acids is 1. The van der Waals surface area contributed by atoms with E-state index in [1.165, 1.54) is 18.2 Å². The maximum atomic E-state index is 12.7. The van der Waals surface area contributed by atoms with E-state index in [4.69, 9.17) is 23.2 Å². The third-order valence-corrected chi connectivity index (χ3v) is 4.49. The second-order valence-corrected chi connectivity index (χ2v) is 6.57. The number of amides is 1. The summed E-state index contributed by atoms with van der Waals surface area (Å²) >= 11 is 11.8. The first-order valence-corrected chi connectivity index (χ1v) is 8.09. The lowest BCUT2D eigenvalue weighted by atomic mass is 10.1. The third kappa shape index (κ3) is 3.33. The van der Waals surface area contributed by atoms with E-state index in [-0.39, 0.29) is 28.7 Å². The molecule has 0 bridgehead atoms. The second-order valence-electron chi connectivity index (χ2n) is 5.70. The van der Waals surface area contributed by atoms with Gasteiger partial charge in [0.15, 0.2) is 11.9 Å². The molecular weight excluding hydrogens is 371 g/mol. The molecule has 1 amide bonds. The third-order valence-electron chi connectivity index (χ3n) is 4.06. The highest BCUT2D eigenvalue weighted by Gasteiger charge is 2.39. The summed E-state index contributed by atoms with van der Waals surface area (Å²) in [6.45, 7) is 1.65. The molecule has 10 heteroatoms. The Labute approximate surface area is 152 Å². The van der Waals surface area contributed by atoms with Gasteiger partial charge in [0.1, 0.15) is 11.9 Å². The molecule has 132 valence electrons. The van der Waals surface area contributed by atoms with Crippen molar-refractivity contribution in [2.75, 3.05) is 0 Å². The Morgan fingerprint density at radius 1 is 1.24 bits per heavy atom. The van der Waals surface area contributed by atoms with Crippen molar-refractivity contribution in [1.29, 1.82) is 0 Å². The second kappa shape index (κ2) is 6.62. The molecule has 8 nitrogen and oxygen atoms in total. The molecule has 2 unspecified atom stereocenters. The van der Waals surface area contributed by atoms with Gasteiger partial charge in [0.25, 0.3) is 5.91 Å². The van der Waals surface area contributed by atoms with E-state index >= 15 is 0 Å². The molecule has 3 rings (SSSR count). The highest BCUT2D eigenvalue weighted by molar-refractivity contribution is 6.34. The van der Waals surface area contributed by atoms with E-state index in [0.717, 1.165) is 4.90 Å². The van der Waals surface area contributed by atoms with Crippen LogP contribution in [0.15, 0.2) is 18.2 Å². The van der Waals surface area contributed by atoms with Crippen LogP contribution in [0.4, 0.5) is 0 Å². The van der Waals surface area contributed by atoms with Gasteiger partial charge in [-0.2, -0.15) is 0 Å². The lowest BCUT2D eigenvalue weighted by Gasteiger charge is -2.34. The van der Waals surface area contributed by atoms with Gasteiger partial charge >= 0.3 is 5.97 Å². The molecule has 25 heavy (non-hydrogen) atoms. The van der Waals surface area contributed by atoms with Gasteiger partial charge in [0.05, 0.1) is 13.1 Å². The summed E-state index contributed by atoms with van der Waals surface area (Å²) in [6.07, 6.45) is -1.59. The van der Waals surface area contributed by atoms with Gasteiger partial charge in [-0.3, -0.25) is 4.79 Å². The Morgan fingerprint density at radius 2 is 1.88 bits per heavy atom. The van der Waals surface area contributed by atoms with Crippen molar-refractivity contribution in [3.05, 3.63) is 45.5 Å². The SMILES string of the molecule is Cc1nnc2n1CC(C(=O)O)N(C(=O)C(O)c1cc(Cl)cc(Cl)c1)C2. The van der Waals surface area contributed by atoms with Crippen LogP contribution in [-0.2, 0) is 22.7 Å². The van der Waals surface area contributed by atoms with Crippen molar-refractivity contribution in [3.8, 4) is 0 Å². The highest BCUT2D eigenvalue weighted by Crippen LogP contribution is 2.27. The summed E-state index contributed by atoms with van der Waals surface area (Å²) in [5.74, 6) is -0.920. The number of hydrogen-bond acceptors (Lipinski definition) is 5. The highest BCUT2D eigenvalue weighted by atomic mass is 35.5. The number of hydrogen-bond donors (Lipinski definition) is 2. The molecule has 1 aliphatic heterocycles. The fraction of sp³-hybridized carbons (Fsp3) is 0.333. The Bertz CT molecular complexity index is 834. The van der Waals surface area contributed by atoms with Crippen molar-refractivity contribution in [1.82, 2.24) is 19.7 Å². The van der Waals surface area contributed by atoms with Crippen molar-refractivity contribution in [2.24, 2.45) is 0 Å². The number of aliphatic hydroxyl groups excluding tert-OH is 1. The first kappa shape index (κ1) is 17.7. The molecule has 2 N–H and O–H groups in total. The zero-order valence-corrected chi connectivity index (χ0v) is 14.6. The van der Waals surface area contributed by atoms with Crippen LogP contribution < -0.4 is 0 Å². The predicted molar refractivity (Wildman–Crippen MR) is 88.2 cm³/mol. The Balaban J connectivity index is 1.92. The maximum absolute atomic E-state index is 12.7. The quantitative estimate of drug-likeness (QED) is 0.828. The number of nitrogens with zero attached hydrogens (tertiary/aromatic N) is 4. The Kier molecular flexibility index (Phi) is 4.68. The van der Waals surface area contributed by atoms with Crippen molar-refractivity contribution in [2.45, 2.75) is 32.2 Å². The monoisotopic (exact) mass is 384 g/mol. The number of carboxylic acid groups (broad SMARTS) is 1. The van der Waals surface area contributed by atoms with Crippen molar-refractivity contribution >= 4 is 35.1 Å². The molecule has 1 aliphatic rings. The molecular formula is C15H14Cl2N4O4. The number of halogens is 2.